The highest BCUT2D eigenvalue weighted by Gasteiger charge is 2.09. The van der Waals surface area contributed by atoms with E-state index >= 15 is 0 Å². The SMILES string of the molecule is COCCNS(=O)(=O)Nc1ccc(N)c(F)c1. The molecule has 0 aliphatic heterocycles. The Bertz CT molecular complexity index is 478. The van der Waals surface area contributed by atoms with Gasteiger partial charge in [0.15, 0.2) is 0 Å². The molecule has 0 amide bonds. The van der Waals surface area contributed by atoms with Crippen molar-refractivity contribution in [2.75, 3.05) is 30.7 Å². The average molecular weight is 263 g/mol. The lowest BCUT2D eigenvalue weighted by molar-refractivity contribution is 0.204. The third-order valence-corrected chi connectivity index (χ3v) is 2.94. The number of ether oxygens (including phenoxy) is 1. The first kappa shape index (κ1) is 13.7. The second kappa shape index (κ2) is 5.80. The maximum Gasteiger partial charge on any atom is 0.299 e. The second-order valence-corrected chi connectivity index (χ2v) is 4.73. The lowest BCUT2D eigenvalue weighted by Gasteiger charge is -2.09. The number of nitrogens with one attached hydrogen (secondary N) is 2. The molecule has 0 atom stereocenters. The lowest BCUT2D eigenvalue weighted by atomic mass is 10.3. The largest absolute Gasteiger partial charge is 0.396 e. The molecular formula is C9H14FN3O3S. The van der Waals surface area contributed by atoms with Gasteiger partial charge in [-0.1, -0.05) is 0 Å². The standard InChI is InChI=1S/C9H14FN3O3S/c1-16-5-4-12-17(14,15)13-7-2-3-9(11)8(10)6-7/h2-3,6,12-13H,4-5,11H2,1H3. The zero-order chi connectivity index (χ0) is 12.9. The summed E-state index contributed by atoms with van der Waals surface area (Å²) < 4.78 is 45.0. The molecule has 17 heavy (non-hydrogen) atoms. The molecule has 6 nitrogen and oxygen atoms in total. The van der Waals surface area contributed by atoms with E-state index in [1.165, 1.54) is 19.2 Å². The molecule has 0 unspecified atom stereocenters. The summed E-state index contributed by atoms with van der Waals surface area (Å²) in [6.45, 7) is 0.375. The van der Waals surface area contributed by atoms with Crippen LogP contribution in [0.3, 0.4) is 0 Å². The zero-order valence-corrected chi connectivity index (χ0v) is 10.1. The Morgan fingerprint density at radius 3 is 2.76 bits per heavy atom. The molecule has 4 N–H and O–H groups in total. The van der Waals surface area contributed by atoms with E-state index in [0.717, 1.165) is 6.07 Å². The summed E-state index contributed by atoms with van der Waals surface area (Å²) in [7, 11) is -2.27. The van der Waals surface area contributed by atoms with Crippen molar-refractivity contribution < 1.29 is 17.5 Å². The minimum atomic E-state index is -3.72. The van der Waals surface area contributed by atoms with Gasteiger partial charge in [-0.25, -0.2) is 4.39 Å². The van der Waals surface area contributed by atoms with Gasteiger partial charge < -0.3 is 10.5 Å². The Hall–Kier alpha value is -1.38. The number of hydrogen-bond acceptors (Lipinski definition) is 4. The van der Waals surface area contributed by atoms with Crippen molar-refractivity contribution in [2.24, 2.45) is 0 Å². The van der Waals surface area contributed by atoms with Gasteiger partial charge in [-0.05, 0) is 12.1 Å². The van der Waals surface area contributed by atoms with E-state index in [0.29, 0.717) is 0 Å². The van der Waals surface area contributed by atoms with Crippen LogP contribution in [-0.4, -0.2) is 28.7 Å². The molecule has 0 fully saturated rings. The monoisotopic (exact) mass is 263 g/mol. The summed E-state index contributed by atoms with van der Waals surface area (Å²) in [5.41, 5.74) is 5.32. The quantitative estimate of drug-likeness (QED) is 0.508. The molecule has 0 radical (unpaired) electrons. The first-order chi connectivity index (χ1) is 7.94. The van der Waals surface area contributed by atoms with Gasteiger partial charge in [0, 0.05) is 19.7 Å². The molecular weight excluding hydrogens is 249 g/mol. The summed E-state index contributed by atoms with van der Waals surface area (Å²) in [4.78, 5) is 0. The number of anilines is 2. The fourth-order valence-electron chi connectivity index (χ4n) is 1.06. The molecule has 0 aliphatic carbocycles. The predicted octanol–water partition coefficient (Wildman–Crippen LogP) is 0.301. The predicted molar refractivity (Wildman–Crippen MR) is 63.2 cm³/mol. The van der Waals surface area contributed by atoms with Gasteiger partial charge in [-0.3, -0.25) is 4.72 Å². The Balaban J connectivity index is 2.66. The van der Waals surface area contributed by atoms with Crippen molar-refractivity contribution in [3.8, 4) is 0 Å². The van der Waals surface area contributed by atoms with Crippen LogP contribution in [0.15, 0.2) is 18.2 Å². The Labute approximate surface area is 99.1 Å². The molecule has 8 heteroatoms. The van der Waals surface area contributed by atoms with Crippen LogP contribution in [-0.2, 0) is 14.9 Å². The number of benzene rings is 1. The van der Waals surface area contributed by atoms with Crippen molar-refractivity contribution >= 4 is 21.6 Å². The third-order valence-electron chi connectivity index (χ3n) is 1.85. The fraction of sp³-hybridized carbons (Fsp3) is 0.333. The van der Waals surface area contributed by atoms with Crippen LogP contribution >= 0.6 is 0 Å². The van der Waals surface area contributed by atoms with Crippen molar-refractivity contribution in [1.82, 2.24) is 4.72 Å². The summed E-state index contributed by atoms with van der Waals surface area (Å²) >= 11 is 0. The normalized spacial score (nSPS) is 11.4. The van der Waals surface area contributed by atoms with Gasteiger partial charge in [0.2, 0.25) is 0 Å². The van der Waals surface area contributed by atoms with E-state index < -0.39 is 16.0 Å². The summed E-state index contributed by atoms with van der Waals surface area (Å²) in [5.74, 6) is -0.679. The smallest absolute Gasteiger partial charge is 0.299 e. The van der Waals surface area contributed by atoms with Crippen LogP contribution in [0.1, 0.15) is 0 Å². The summed E-state index contributed by atoms with van der Waals surface area (Å²) in [5, 5.41) is 0. The molecule has 1 aromatic rings. The first-order valence-electron chi connectivity index (χ1n) is 4.76. The van der Waals surface area contributed by atoms with Gasteiger partial charge in [-0.2, -0.15) is 13.1 Å². The van der Waals surface area contributed by atoms with Gasteiger partial charge in [0.25, 0.3) is 10.2 Å². The third kappa shape index (κ3) is 4.55. The summed E-state index contributed by atoms with van der Waals surface area (Å²) in [6.07, 6.45) is 0. The summed E-state index contributed by atoms with van der Waals surface area (Å²) in [6, 6.07) is 3.65. The first-order valence-corrected chi connectivity index (χ1v) is 6.24. The van der Waals surface area contributed by atoms with E-state index in [1.54, 1.807) is 0 Å². The van der Waals surface area contributed by atoms with Crippen LogP contribution in [0, 0.1) is 5.82 Å². The molecule has 0 saturated carbocycles. The topological polar surface area (TPSA) is 93.4 Å². The van der Waals surface area contributed by atoms with E-state index in [2.05, 4.69) is 9.44 Å². The van der Waals surface area contributed by atoms with E-state index in [4.69, 9.17) is 10.5 Å². The highest BCUT2D eigenvalue weighted by atomic mass is 32.2. The van der Waals surface area contributed by atoms with Crippen LogP contribution in [0.5, 0.6) is 0 Å². The van der Waals surface area contributed by atoms with Crippen molar-refractivity contribution in [1.29, 1.82) is 0 Å². The molecule has 1 rings (SSSR count). The number of halogens is 1. The number of rotatable bonds is 6. The van der Waals surface area contributed by atoms with Gasteiger partial charge in [0.05, 0.1) is 18.0 Å². The molecule has 0 aliphatic rings. The van der Waals surface area contributed by atoms with Crippen LogP contribution in [0.4, 0.5) is 15.8 Å². The van der Waals surface area contributed by atoms with Gasteiger partial charge >= 0.3 is 0 Å². The maximum absolute atomic E-state index is 13.1. The van der Waals surface area contributed by atoms with E-state index in [9.17, 15) is 12.8 Å². The number of methoxy groups -OCH3 is 1. The van der Waals surface area contributed by atoms with Crippen LogP contribution in [0.2, 0.25) is 0 Å². The number of hydrogen-bond donors (Lipinski definition) is 3. The highest BCUT2D eigenvalue weighted by molar-refractivity contribution is 7.90. The minimum Gasteiger partial charge on any atom is -0.396 e. The Morgan fingerprint density at radius 2 is 2.18 bits per heavy atom. The van der Waals surface area contributed by atoms with Crippen LogP contribution in [0.25, 0.3) is 0 Å². The molecule has 0 aromatic heterocycles. The van der Waals surface area contributed by atoms with Crippen molar-refractivity contribution in [2.45, 2.75) is 0 Å². The van der Waals surface area contributed by atoms with Crippen molar-refractivity contribution in [3.05, 3.63) is 24.0 Å². The van der Waals surface area contributed by atoms with E-state index in [-0.39, 0.29) is 24.5 Å². The minimum absolute atomic E-state index is 0.0414. The second-order valence-electron chi connectivity index (χ2n) is 3.23. The fourth-order valence-corrected chi connectivity index (χ4v) is 1.92. The highest BCUT2D eigenvalue weighted by Crippen LogP contribution is 2.16. The molecule has 96 valence electrons. The zero-order valence-electron chi connectivity index (χ0n) is 9.23. The van der Waals surface area contributed by atoms with Crippen LogP contribution < -0.4 is 15.2 Å². The number of nitrogens with two attached hydrogens (primary N) is 1. The lowest BCUT2D eigenvalue weighted by Crippen LogP contribution is -2.32. The molecule has 1 aromatic carbocycles. The van der Waals surface area contributed by atoms with Gasteiger partial charge in [-0.15, -0.1) is 0 Å². The van der Waals surface area contributed by atoms with E-state index in [1.807, 2.05) is 0 Å². The Morgan fingerprint density at radius 1 is 1.47 bits per heavy atom. The maximum atomic E-state index is 13.1. The molecule has 0 bridgehead atoms. The van der Waals surface area contributed by atoms with Gasteiger partial charge in [0.1, 0.15) is 5.82 Å². The van der Waals surface area contributed by atoms with Crippen molar-refractivity contribution in [3.63, 3.8) is 0 Å². The molecule has 0 saturated heterocycles. The average Bonchev–Trinajstić information content (AvgIpc) is 2.23. The number of nitrogen functional groups attached to an aromatic ring is 1. The Kier molecular flexibility index (Phi) is 4.67. The molecule has 0 heterocycles. The molecule has 0 spiro atoms.